The molecule has 3 rings (SSSR count). The summed E-state index contributed by atoms with van der Waals surface area (Å²) in [7, 11) is 1.88. The van der Waals surface area contributed by atoms with Gasteiger partial charge in [-0.25, -0.2) is 9.97 Å². The second-order valence-corrected chi connectivity index (χ2v) is 5.71. The lowest BCUT2D eigenvalue weighted by Crippen LogP contribution is -2.44. The highest BCUT2D eigenvalue weighted by Gasteiger charge is 2.36. The number of pyridine rings is 1. The third kappa shape index (κ3) is 2.26. The second kappa shape index (κ2) is 5.40. The van der Waals surface area contributed by atoms with Crippen LogP contribution in [-0.2, 0) is 5.41 Å². The third-order valence-electron chi connectivity index (χ3n) is 4.31. The maximum atomic E-state index is 4.79. The Kier molecular flexibility index (Phi) is 3.61. The number of aromatic amines is 1. The first-order chi connectivity index (χ1) is 9.77. The second-order valence-electron chi connectivity index (χ2n) is 5.71. The lowest BCUT2D eigenvalue weighted by atomic mass is 9.76. The zero-order valence-electron chi connectivity index (χ0n) is 12.3. The number of anilines is 1. The molecule has 3 N–H and O–H groups in total. The van der Waals surface area contributed by atoms with Crippen LogP contribution >= 0.6 is 0 Å². The minimum Gasteiger partial charge on any atom is -0.373 e. The molecule has 1 aliphatic rings. The summed E-state index contributed by atoms with van der Waals surface area (Å²) < 4.78 is 0. The summed E-state index contributed by atoms with van der Waals surface area (Å²) in [6.45, 7) is 4.38. The van der Waals surface area contributed by atoms with Crippen molar-refractivity contribution in [3.63, 3.8) is 0 Å². The molecular weight excluding hydrogens is 250 g/mol. The van der Waals surface area contributed by atoms with E-state index in [1.165, 1.54) is 25.7 Å². The minimum absolute atomic E-state index is 0.146. The average Bonchev–Trinajstić information content (AvgIpc) is 2.92. The zero-order chi connectivity index (χ0) is 14.0. The van der Waals surface area contributed by atoms with E-state index >= 15 is 0 Å². The summed E-state index contributed by atoms with van der Waals surface area (Å²) in [5.41, 5.74) is 1.99. The van der Waals surface area contributed by atoms with Gasteiger partial charge in [0, 0.05) is 19.0 Å². The van der Waals surface area contributed by atoms with E-state index in [4.69, 9.17) is 4.98 Å². The van der Waals surface area contributed by atoms with Crippen LogP contribution in [0.2, 0.25) is 0 Å². The van der Waals surface area contributed by atoms with Crippen molar-refractivity contribution in [3.05, 3.63) is 18.0 Å². The first-order valence-corrected chi connectivity index (χ1v) is 7.53. The molecule has 0 amide bonds. The molecule has 0 saturated carbocycles. The van der Waals surface area contributed by atoms with Crippen LogP contribution in [0.1, 0.15) is 38.4 Å². The maximum Gasteiger partial charge on any atom is 0.179 e. The Balaban J connectivity index is 2.02. The number of nitrogens with zero attached hydrogens (tertiary/aromatic N) is 2. The van der Waals surface area contributed by atoms with Crippen LogP contribution in [0.3, 0.4) is 0 Å². The summed E-state index contributed by atoms with van der Waals surface area (Å²) in [6.07, 6.45) is 4.76. The molecule has 1 aliphatic heterocycles. The smallest absolute Gasteiger partial charge is 0.179 e. The van der Waals surface area contributed by atoms with Crippen molar-refractivity contribution in [2.24, 2.45) is 0 Å². The standard InChI is InChI=1S/C15H23N5/c1-3-7-15(8-4-9-17-10-15)14-18-11-5-6-12(16-2)19-13(11)20-14/h5-6,17H,3-4,7-10H2,1-2H3,(H2,16,18,19,20). The van der Waals surface area contributed by atoms with E-state index in [2.05, 4.69) is 33.6 Å². The summed E-state index contributed by atoms with van der Waals surface area (Å²) >= 11 is 0. The number of aromatic nitrogens is 3. The van der Waals surface area contributed by atoms with Crippen LogP contribution in [0.5, 0.6) is 0 Å². The SMILES string of the molecule is CCCC1(c2nc3nc(NC)ccc3[nH]2)CCCNC1. The molecule has 108 valence electrons. The van der Waals surface area contributed by atoms with Crippen LogP contribution < -0.4 is 10.6 Å². The Morgan fingerprint density at radius 1 is 1.35 bits per heavy atom. The summed E-state index contributed by atoms with van der Waals surface area (Å²) in [4.78, 5) is 12.8. The minimum atomic E-state index is 0.146. The molecule has 1 unspecified atom stereocenters. The molecule has 0 spiro atoms. The van der Waals surface area contributed by atoms with E-state index in [0.29, 0.717) is 0 Å². The van der Waals surface area contributed by atoms with Crippen molar-refractivity contribution < 1.29 is 0 Å². The van der Waals surface area contributed by atoms with Gasteiger partial charge >= 0.3 is 0 Å². The Bertz CT molecular complexity index is 577. The predicted octanol–water partition coefficient (Wildman–Crippen LogP) is 2.42. The van der Waals surface area contributed by atoms with Crippen LogP contribution in [-0.4, -0.2) is 35.1 Å². The van der Waals surface area contributed by atoms with E-state index in [0.717, 1.165) is 35.9 Å². The topological polar surface area (TPSA) is 65.6 Å². The molecule has 1 saturated heterocycles. The van der Waals surface area contributed by atoms with Gasteiger partial charge in [0.1, 0.15) is 11.6 Å². The molecule has 0 aliphatic carbocycles. The number of imidazole rings is 1. The summed E-state index contributed by atoms with van der Waals surface area (Å²) in [6, 6.07) is 4.04. The lowest BCUT2D eigenvalue weighted by Gasteiger charge is -2.35. The van der Waals surface area contributed by atoms with Crippen molar-refractivity contribution in [2.75, 3.05) is 25.5 Å². The average molecular weight is 273 g/mol. The van der Waals surface area contributed by atoms with Gasteiger partial charge in [-0.3, -0.25) is 0 Å². The van der Waals surface area contributed by atoms with Gasteiger partial charge in [-0.05, 0) is 37.9 Å². The molecule has 5 nitrogen and oxygen atoms in total. The molecule has 1 fully saturated rings. The quantitative estimate of drug-likeness (QED) is 0.800. The van der Waals surface area contributed by atoms with Crippen molar-refractivity contribution in [1.29, 1.82) is 0 Å². The van der Waals surface area contributed by atoms with Crippen molar-refractivity contribution in [1.82, 2.24) is 20.3 Å². The fraction of sp³-hybridized carbons (Fsp3) is 0.600. The van der Waals surface area contributed by atoms with Gasteiger partial charge in [0.05, 0.1) is 5.52 Å². The number of rotatable bonds is 4. The third-order valence-corrected chi connectivity index (χ3v) is 4.31. The van der Waals surface area contributed by atoms with Crippen LogP contribution in [0.25, 0.3) is 11.2 Å². The Morgan fingerprint density at radius 3 is 2.95 bits per heavy atom. The highest BCUT2D eigenvalue weighted by atomic mass is 15.1. The molecule has 0 aromatic carbocycles. The van der Waals surface area contributed by atoms with E-state index < -0.39 is 0 Å². The van der Waals surface area contributed by atoms with Crippen molar-refractivity contribution in [3.8, 4) is 0 Å². The van der Waals surface area contributed by atoms with Crippen LogP contribution in [0, 0.1) is 0 Å². The molecule has 5 heteroatoms. The predicted molar refractivity (Wildman–Crippen MR) is 82.1 cm³/mol. The Labute approximate surface area is 119 Å². The fourth-order valence-electron chi connectivity index (χ4n) is 3.26. The molecule has 2 aromatic heterocycles. The first kappa shape index (κ1) is 13.4. The molecular formula is C15H23N5. The maximum absolute atomic E-state index is 4.79. The number of nitrogens with one attached hydrogen (secondary N) is 3. The zero-order valence-corrected chi connectivity index (χ0v) is 12.3. The highest BCUT2D eigenvalue weighted by Crippen LogP contribution is 2.34. The van der Waals surface area contributed by atoms with E-state index in [9.17, 15) is 0 Å². The van der Waals surface area contributed by atoms with Gasteiger partial charge in [-0.2, -0.15) is 0 Å². The van der Waals surface area contributed by atoms with Crippen LogP contribution in [0.4, 0.5) is 5.82 Å². The molecule has 1 atom stereocenters. The summed E-state index contributed by atoms with van der Waals surface area (Å²) in [5, 5.41) is 6.60. The number of hydrogen-bond donors (Lipinski definition) is 3. The number of H-pyrrole nitrogens is 1. The first-order valence-electron chi connectivity index (χ1n) is 7.53. The molecule has 0 radical (unpaired) electrons. The molecule has 0 bridgehead atoms. The highest BCUT2D eigenvalue weighted by molar-refractivity contribution is 5.73. The van der Waals surface area contributed by atoms with Gasteiger partial charge in [0.15, 0.2) is 5.65 Å². The van der Waals surface area contributed by atoms with Gasteiger partial charge in [-0.1, -0.05) is 13.3 Å². The van der Waals surface area contributed by atoms with Gasteiger partial charge in [-0.15, -0.1) is 0 Å². The molecule has 3 heterocycles. The molecule has 20 heavy (non-hydrogen) atoms. The van der Waals surface area contributed by atoms with Crippen molar-refractivity contribution >= 4 is 17.0 Å². The fourth-order valence-corrected chi connectivity index (χ4v) is 3.26. The molecule has 2 aromatic rings. The number of hydrogen-bond acceptors (Lipinski definition) is 4. The Hall–Kier alpha value is -1.62. The monoisotopic (exact) mass is 273 g/mol. The van der Waals surface area contributed by atoms with Crippen molar-refractivity contribution in [2.45, 2.75) is 38.0 Å². The Morgan fingerprint density at radius 2 is 2.25 bits per heavy atom. The number of piperidine rings is 1. The van der Waals surface area contributed by atoms with Gasteiger partial charge in [0.25, 0.3) is 0 Å². The number of fused-ring (bicyclic) bond motifs is 1. The van der Waals surface area contributed by atoms with Crippen LogP contribution in [0.15, 0.2) is 12.1 Å². The van der Waals surface area contributed by atoms with E-state index in [-0.39, 0.29) is 5.41 Å². The largest absolute Gasteiger partial charge is 0.373 e. The normalized spacial score (nSPS) is 23.1. The summed E-state index contributed by atoms with van der Waals surface area (Å²) in [5.74, 6) is 1.96. The van der Waals surface area contributed by atoms with E-state index in [1.807, 2.05) is 13.1 Å². The lowest BCUT2D eigenvalue weighted by molar-refractivity contribution is 0.278. The van der Waals surface area contributed by atoms with E-state index in [1.54, 1.807) is 0 Å². The van der Waals surface area contributed by atoms with Gasteiger partial charge < -0.3 is 15.6 Å². The van der Waals surface area contributed by atoms with Gasteiger partial charge in [0.2, 0.25) is 0 Å².